The van der Waals surface area contributed by atoms with Crippen LogP contribution < -0.4 is 5.32 Å². The molecule has 0 amide bonds. The van der Waals surface area contributed by atoms with Crippen molar-refractivity contribution in [2.45, 2.75) is 25.4 Å². The second-order valence-electron chi connectivity index (χ2n) is 6.72. The quantitative estimate of drug-likeness (QED) is 0.714. The number of benzene rings is 2. The standard InChI is InChI=1S/C20H24N4.2ClH.H2O/c1-23-13-11-17(12-14-23)21-20-22-18-9-5-6-10-19(18)24(20)15-16-7-3-2-4-8-16;;;/h2-10,17H,11-15H2,1H3,(H,21,22);2*1H;1H2. The average molecular weight is 411 g/mol. The van der Waals surface area contributed by atoms with Crippen LogP contribution in [0.4, 0.5) is 5.95 Å². The van der Waals surface area contributed by atoms with E-state index in [2.05, 4.69) is 76.4 Å². The van der Waals surface area contributed by atoms with Gasteiger partial charge in [-0.05, 0) is 50.7 Å². The van der Waals surface area contributed by atoms with Crippen molar-refractivity contribution in [3.8, 4) is 0 Å². The van der Waals surface area contributed by atoms with Gasteiger partial charge in [0.1, 0.15) is 0 Å². The van der Waals surface area contributed by atoms with E-state index in [4.69, 9.17) is 4.98 Å². The Labute approximate surface area is 172 Å². The number of fused-ring (bicyclic) bond motifs is 1. The molecule has 1 fully saturated rings. The van der Waals surface area contributed by atoms with Crippen LogP contribution in [0.2, 0.25) is 0 Å². The summed E-state index contributed by atoms with van der Waals surface area (Å²) in [5, 5.41) is 3.70. The molecule has 1 aromatic heterocycles. The number of para-hydroxylation sites is 2. The van der Waals surface area contributed by atoms with Crippen LogP contribution in [0.25, 0.3) is 11.0 Å². The van der Waals surface area contributed by atoms with E-state index in [0.29, 0.717) is 6.04 Å². The van der Waals surface area contributed by atoms with E-state index in [1.165, 1.54) is 23.9 Å². The molecular weight excluding hydrogens is 383 g/mol. The maximum atomic E-state index is 4.86. The lowest BCUT2D eigenvalue weighted by Crippen LogP contribution is -2.37. The Hall–Kier alpha value is -1.79. The molecule has 3 aromatic rings. The molecule has 0 saturated carbocycles. The van der Waals surface area contributed by atoms with Gasteiger partial charge in [0.15, 0.2) is 0 Å². The van der Waals surface area contributed by atoms with Crippen molar-refractivity contribution in [1.82, 2.24) is 14.5 Å². The van der Waals surface area contributed by atoms with Gasteiger partial charge >= 0.3 is 0 Å². The Bertz CT molecular complexity index is 817. The Kier molecular flexibility index (Phi) is 9.06. The highest BCUT2D eigenvalue weighted by molar-refractivity contribution is 5.85. The minimum Gasteiger partial charge on any atom is -0.412 e. The van der Waals surface area contributed by atoms with Crippen molar-refractivity contribution in [2.75, 3.05) is 25.5 Å². The first kappa shape index (κ1) is 23.2. The van der Waals surface area contributed by atoms with E-state index in [9.17, 15) is 0 Å². The fourth-order valence-electron chi connectivity index (χ4n) is 3.45. The Morgan fingerprint density at radius 3 is 2.30 bits per heavy atom. The number of nitrogens with zero attached hydrogens (tertiary/aromatic N) is 3. The summed E-state index contributed by atoms with van der Waals surface area (Å²) < 4.78 is 2.31. The van der Waals surface area contributed by atoms with Crippen LogP contribution in [-0.2, 0) is 6.54 Å². The van der Waals surface area contributed by atoms with Crippen LogP contribution >= 0.6 is 24.8 Å². The van der Waals surface area contributed by atoms with Crippen molar-refractivity contribution in [2.24, 2.45) is 0 Å². The van der Waals surface area contributed by atoms with Crippen LogP contribution in [0.3, 0.4) is 0 Å². The van der Waals surface area contributed by atoms with E-state index in [-0.39, 0.29) is 30.3 Å². The molecule has 5 nitrogen and oxygen atoms in total. The Morgan fingerprint density at radius 2 is 1.59 bits per heavy atom. The molecule has 7 heteroatoms. The van der Waals surface area contributed by atoms with Crippen LogP contribution in [0.5, 0.6) is 0 Å². The third-order valence-corrected chi connectivity index (χ3v) is 4.89. The monoisotopic (exact) mass is 410 g/mol. The zero-order chi connectivity index (χ0) is 16.4. The summed E-state index contributed by atoms with van der Waals surface area (Å²) >= 11 is 0. The van der Waals surface area contributed by atoms with Crippen LogP contribution in [0.1, 0.15) is 18.4 Å². The lowest BCUT2D eigenvalue weighted by atomic mass is 10.1. The van der Waals surface area contributed by atoms with Gasteiger partial charge in [-0.15, -0.1) is 24.8 Å². The summed E-state index contributed by atoms with van der Waals surface area (Å²) in [5.74, 6) is 0.995. The zero-order valence-corrected chi connectivity index (χ0v) is 17.1. The zero-order valence-electron chi connectivity index (χ0n) is 15.5. The second kappa shape index (κ2) is 10.5. The third-order valence-electron chi connectivity index (χ3n) is 4.89. The van der Waals surface area contributed by atoms with Crippen molar-refractivity contribution < 1.29 is 5.48 Å². The SMILES string of the molecule is CN1CCC(Nc2nc3ccccc3n2Cc2ccccc2)CC1.Cl.Cl.O. The average Bonchev–Trinajstić information content (AvgIpc) is 2.95. The molecule has 27 heavy (non-hydrogen) atoms. The number of anilines is 1. The topological polar surface area (TPSA) is 64.6 Å². The number of aromatic nitrogens is 2. The van der Waals surface area contributed by atoms with E-state index in [1.807, 2.05) is 0 Å². The third kappa shape index (κ3) is 5.36. The highest BCUT2D eigenvalue weighted by atomic mass is 35.5. The van der Waals surface area contributed by atoms with Crippen LogP contribution in [0.15, 0.2) is 54.6 Å². The molecule has 0 bridgehead atoms. The van der Waals surface area contributed by atoms with Crippen LogP contribution in [0, 0.1) is 0 Å². The molecule has 2 aromatic carbocycles. The first-order valence-corrected chi connectivity index (χ1v) is 8.74. The number of nitrogens with one attached hydrogen (secondary N) is 1. The molecule has 4 rings (SSSR count). The number of imidazole rings is 1. The number of rotatable bonds is 4. The van der Waals surface area contributed by atoms with E-state index >= 15 is 0 Å². The lowest BCUT2D eigenvalue weighted by molar-refractivity contribution is 0.263. The molecule has 0 unspecified atom stereocenters. The van der Waals surface area contributed by atoms with Crippen molar-refractivity contribution >= 4 is 41.8 Å². The van der Waals surface area contributed by atoms with Crippen LogP contribution in [-0.4, -0.2) is 46.1 Å². The minimum atomic E-state index is 0. The van der Waals surface area contributed by atoms with Crippen molar-refractivity contribution in [3.05, 3.63) is 60.2 Å². The summed E-state index contributed by atoms with van der Waals surface area (Å²) in [5.41, 5.74) is 3.55. The molecule has 0 radical (unpaired) electrons. The van der Waals surface area contributed by atoms with Gasteiger partial charge in [-0.1, -0.05) is 42.5 Å². The van der Waals surface area contributed by atoms with Gasteiger partial charge in [-0.2, -0.15) is 0 Å². The van der Waals surface area contributed by atoms with E-state index < -0.39 is 0 Å². The molecule has 3 N–H and O–H groups in total. The molecule has 148 valence electrons. The van der Waals surface area contributed by atoms with Gasteiger partial charge < -0.3 is 20.3 Å². The summed E-state index contributed by atoms with van der Waals surface area (Å²) in [6, 6.07) is 19.5. The molecule has 1 aliphatic heterocycles. The van der Waals surface area contributed by atoms with Crippen molar-refractivity contribution in [1.29, 1.82) is 0 Å². The Balaban J connectivity index is 0.00000121. The van der Waals surface area contributed by atoms with Gasteiger partial charge in [0, 0.05) is 6.04 Å². The predicted octanol–water partition coefficient (Wildman–Crippen LogP) is 3.61. The van der Waals surface area contributed by atoms with E-state index in [0.717, 1.165) is 31.1 Å². The molecule has 1 saturated heterocycles. The Morgan fingerprint density at radius 1 is 0.963 bits per heavy atom. The van der Waals surface area contributed by atoms with Crippen molar-refractivity contribution in [3.63, 3.8) is 0 Å². The summed E-state index contributed by atoms with van der Waals surface area (Å²) in [6.45, 7) is 3.14. The van der Waals surface area contributed by atoms with Gasteiger partial charge in [0.05, 0.1) is 17.6 Å². The highest BCUT2D eigenvalue weighted by Gasteiger charge is 2.19. The predicted molar refractivity (Wildman–Crippen MR) is 118 cm³/mol. The first-order valence-electron chi connectivity index (χ1n) is 8.74. The lowest BCUT2D eigenvalue weighted by Gasteiger charge is -2.29. The number of likely N-dealkylation sites (tertiary alicyclic amines) is 1. The first-order chi connectivity index (χ1) is 11.8. The van der Waals surface area contributed by atoms with Gasteiger partial charge in [-0.25, -0.2) is 4.98 Å². The number of piperidine rings is 1. The molecule has 0 atom stereocenters. The fraction of sp³-hybridized carbons (Fsp3) is 0.350. The smallest absolute Gasteiger partial charge is 0.204 e. The normalized spacial score (nSPS) is 14.7. The molecule has 0 aliphatic carbocycles. The number of halogens is 2. The highest BCUT2D eigenvalue weighted by Crippen LogP contribution is 2.23. The largest absolute Gasteiger partial charge is 0.412 e. The number of hydrogen-bond acceptors (Lipinski definition) is 3. The van der Waals surface area contributed by atoms with Gasteiger partial charge in [-0.3, -0.25) is 0 Å². The van der Waals surface area contributed by atoms with Gasteiger partial charge in [0.25, 0.3) is 0 Å². The maximum absolute atomic E-state index is 4.86. The number of hydrogen-bond donors (Lipinski definition) is 1. The summed E-state index contributed by atoms with van der Waals surface area (Å²) in [4.78, 5) is 7.25. The summed E-state index contributed by atoms with van der Waals surface area (Å²) in [6.07, 6.45) is 2.34. The molecule has 1 aliphatic rings. The molecule has 2 heterocycles. The van der Waals surface area contributed by atoms with E-state index in [1.54, 1.807) is 0 Å². The summed E-state index contributed by atoms with van der Waals surface area (Å²) in [7, 11) is 2.20. The van der Waals surface area contributed by atoms with Gasteiger partial charge in [0.2, 0.25) is 5.95 Å². The second-order valence-corrected chi connectivity index (χ2v) is 6.72. The molecule has 0 spiro atoms. The maximum Gasteiger partial charge on any atom is 0.204 e. The fourth-order valence-corrected chi connectivity index (χ4v) is 3.45. The molecular formula is C20H28Cl2N4O. The minimum absolute atomic E-state index is 0.